The predicted molar refractivity (Wildman–Crippen MR) is 123 cm³/mol. The van der Waals surface area contributed by atoms with Crippen molar-refractivity contribution in [2.45, 2.75) is 69.2 Å². The van der Waals surface area contributed by atoms with Gasteiger partial charge in [-0.25, -0.2) is 9.97 Å². The monoisotopic (exact) mass is 418 g/mol. The van der Waals surface area contributed by atoms with Crippen LogP contribution in [0.5, 0.6) is 0 Å². The van der Waals surface area contributed by atoms with E-state index in [9.17, 15) is 0 Å². The molecule has 1 heterocycles. The number of aromatic nitrogens is 2. The fraction of sp³-hybridized carbons (Fsp3) is 0.524. The Bertz CT molecular complexity index is 765. The van der Waals surface area contributed by atoms with Crippen LogP contribution in [-0.4, -0.2) is 30.9 Å². The van der Waals surface area contributed by atoms with Crippen molar-refractivity contribution in [2.24, 2.45) is 0 Å². The minimum absolute atomic E-state index is 0.132. The van der Waals surface area contributed by atoms with Gasteiger partial charge in [-0.05, 0) is 37.5 Å². The van der Waals surface area contributed by atoms with E-state index < -0.39 is 8.32 Å². The normalized spacial score (nSPS) is 14.5. The molecule has 0 saturated heterocycles. The van der Waals surface area contributed by atoms with Crippen molar-refractivity contribution in [3.63, 3.8) is 0 Å². The zero-order chi connectivity index (χ0) is 20.9. The van der Waals surface area contributed by atoms with Crippen LogP contribution in [0.2, 0.25) is 18.1 Å². The SMILES string of the molecule is CC(Sc1nc(N)cc(N[C@H](C)CO[Si](C)(C)C(C)(C)C)n1)c1ccccc1. The Kier molecular flexibility index (Phi) is 7.53. The maximum absolute atomic E-state index is 6.31. The highest BCUT2D eigenvalue weighted by Crippen LogP contribution is 2.37. The number of nitrogen functional groups attached to an aromatic ring is 1. The Balaban J connectivity index is 2.01. The molecule has 0 spiro atoms. The first-order chi connectivity index (χ1) is 13.0. The van der Waals surface area contributed by atoms with Gasteiger partial charge in [0.15, 0.2) is 13.5 Å². The van der Waals surface area contributed by atoms with Gasteiger partial charge in [0.1, 0.15) is 11.6 Å². The average Bonchev–Trinajstić information content (AvgIpc) is 2.59. The zero-order valence-electron chi connectivity index (χ0n) is 18.1. The summed E-state index contributed by atoms with van der Waals surface area (Å²) in [7, 11) is -1.77. The van der Waals surface area contributed by atoms with Crippen LogP contribution in [0.3, 0.4) is 0 Å². The first-order valence-corrected chi connectivity index (χ1v) is 13.5. The lowest BCUT2D eigenvalue weighted by atomic mass is 10.2. The molecular formula is C21H34N4OSSi. The van der Waals surface area contributed by atoms with Crippen LogP contribution in [0.15, 0.2) is 41.6 Å². The van der Waals surface area contributed by atoms with E-state index >= 15 is 0 Å². The van der Waals surface area contributed by atoms with Gasteiger partial charge in [-0.1, -0.05) is 62.9 Å². The maximum Gasteiger partial charge on any atom is 0.192 e. The van der Waals surface area contributed by atoms with E-state index in [2.05, 4.69) is 75.1 Å². The smallest absolute Gasteiger partial charge is 0.192 e. The highest BCUT2D eigenvalue weighted by molar-refractivity contribution is 7.99. The van der Waals surface area contributed by atoms with Crippen LogP contribution in [0, 0.1) is 0 Å². The summed E-state index contributed by atoms with van der Waals surface area (Å²) in [6, 6.07) is 12.3. The predicted octanol–water partition coefficient (Wildman–Crippen LogP) is 5.73. The van der Waals surface area contributed by atoms with E-state index in [0.717, 1.165) is 5.82 Å². The molecule has 0 aliphatic carbocycles. The Labute approximate surface area is 175 Å². The molecule has 28 heavy (non-hydrogen) atoms. The Morgan fingerprint density at radius 1 is 1.14 bits per heavy atom. The van der Waals surface area contributed by atoms with Crippen molar-refractivity contribution in [3.8, 4) is 0 Å². The number of anilines is 2. The highest BCUT2D eigenvalue weighted by Gasteiger charge is 2.37. The van der Waals surface area contributed by atoms with Crippen molar-refractivity contribution in [2.75, 3.05) is 17.7 Å². The van der Waals surface area contributed by atoms with Crippen LogP contribution < -0.4 is 11.1 Å². The lowest BCUT2D eigenvalue weighted by Gasteiger charge is -2.37. The molecule has 0 fully saturated rings. The summed E-state index contributed by atoms with van der Waals surface area (Å²) in [5.41, 5.74) is 7.26. The number of hydrogen-bond donors (Lipinski definition) is 2. The van der Waals surface area contributed by atoms with Crippen molar-refractivity contribution in [1.29, 1.82) is 0 Å². The first kappa shape index (κ1) is 22.7. The van der Waals surface area contributed by atoms with Gasteiger partial charge in [0.25, 0.3) is 0 Å². The summed E-state index contributed by atoms with van der Waals surface area (Å²) in [4.78, 5) is 9.04. The molecule has 2 aromatic rings. The maximum atomic E-state index is 6.31. The molecule has 3 N–H and O–H groups in total. The summed E-state index contributed by atoms with van der Waals surface area (Å²) in [5.74, 6) is 1.21. The summed E-state index contributed by atoms with van der Waals surface area (Å²) in [5, 5.41) is 4.53. The quantitative estimate of drug-likeness (QED) is 0.324. The minimum Gasteiger partial charge on any atom is -0.415 e. The van der Waals surface area contributed by atoms with E-state index in [1.165, 1.54) is 5.56 Å². The Hall–Kier alpha value is -1.57. The number of nitrogens with two attached hydrogens (primary N) is 1. The minimum atomic E-state index is -1.77. The first-order valence-electron chi connectivity index (χ1n) is 9.74. The summed E-state index contributed by atoms with van der Waals surface area (Å²) < 4.78 is 6.31. The van der Waals surface area contributed by atoms with Gasteiger partial charge in [-0.2, -0.15) is 0 Å². The fourth-order valence-electron chi connectivity index (χ4n) is 2.36. The molecule has 0 amide bonds. The largest absolute Gasteiger partial charge is 0.415 e. The van der Waals surface area contributed by atoms with Crippen LogP contribution >= 0.6 is 11.8 Å². The molecular weight excluding hydrogens is 384 g/mol. The van der Waals surface area contributed by atoms with Gasteiger partial charge in [0.05, 0.1) is 6.61 Å². The average molecular weight is 419 g/mol. The molecule has 0 aliphatic heterocycles. The number of nitrogens with zero attached hydrogens (tertiary/aromatic N) is 2. The van der Waals surface area contributed by atoms with Crippen molar-refractivity contribution in [1.82, 2.24) is 9.97 Å². The molecule has 2 atom stereocenters. The Morgan fingerprint density at radius 3 is 2.39 bits per heavy atom. The van der Waals surface area contributed by atoms with Gasteiger partial charge in [0.2, 0.25) is 0 Å². The molecule has 154 valence electrons. The standard InChI is InChI=1S/C21H34N4OSSi/c1-15(14-26-28(6,7)21(3,4)5)23-19-13-18(22)24-20(25-19)27-16(2)17-11-9-8-10-12-17/h8-13,15-16H,14H2,1-7H3,(H3,22,23,24,25)/t15-,16?/m1/s1. The molecule has 1 aromatic heterocycles. The lowest BCUT2D eigenvalue weighted by molar-refractivity contribution is 0.276. The molecule has 5 nitrogen and oxygen atoms in total. The molecule has 7 heteroatoms. The lowest BCUT2D eigenvalue weighted by Crippen LogP contribution is -2.43. The van der Waals surface area contributed by atoms with Crippen molar-refractivity contribution < 1.29 is 4.43 Å². The number of benzene rings is 1. The highest BCUT2D eigenvalue weighted by atomic mass is 32.2. The van der Waals surface area contributed by atoms with E-state index in [0.29, 0.717) is 17.6 Å². The third kappa shape index (κ3) is 6.50. The van der Waals surface area contributed by atoms with Gasteiger partial charge in [-0.15, -0.1) is 0 Å². The van der Waals surface area contributed by atoms with Crippen LogP contribution in [-0.2, 0) is 4.43 Å². The van der Waals surface area contributed by atoms with Crippen LogP contribution in [0.25, 0.3) is 0 Å². The fourth-order valence-corrected chi connectivity index (χ4v) is 4.38. The Morgan fingerprint density at radius 2 is 1.79 bits per heavy atom. The third-order valence-electron chi connectivity index (χ3n) is 5.17. The van der Waals surface area contributed by atoms with E-state index in [1.807, 2.05) is 18.2 Å². The second kappa shape index (κ2) is 9.28. The van der Waals surface area contributed by atoms with Gasteiger partial charge < -0.3 is 15.5 Å². The van der Waals surface area contributed by atoms with Gasteiger partial charge in [0, 0.05) is 17.4 Å². The van der Waals surface area contributed by atoms with Gasteiger partial charge in [-0.3, -0.25) is 0 Å². The van der Waals surface area contributed by atoms with Crippen LogP contribution in [0.1, 0.15) is 45.4 Å². The molecule has 0 bridgehead atoms. The number of rotatable bonds is 8. The van der Waals surface area contributed by atoms with Crippen molar-refractivity contribution >= 4 is 31.7 Å². The molecule has 1 unspecified atom stereocenters. The molecule has 0 saturated carbocycles. The summed E-state index contributed by atoms with van der Waals surface area (Å²) >= 11 is 1.61. The van der Waals surface area contributed by atoms with Gasteiger partial charge >= 0.3 is 0 Å². The molecule has 1 aromatic carbocycles. The second-order valence-electron chi connectivity index (χ2n) is 8.75. The number of thioether (sulfide) groups is 1. The number of nitrogens with one attached hydrogen (secondary N) is 1. The van der Waals surface area contributed by atoms with E-state index in [4.69, 9.17) is 10.2 Å². The third-order valence-corrected chi connectivity index (χ3v) is 10.7. The van der Waals surface area contributed by atoms with Crippen LogP contribution in [0.4, 0.5) is 11.6 Å². The zero-order valence-corrected chi connectivity index (χ0v) is 19.9. The summed E-state index contributed by atoms with van der Waals surface area (Å²) in [6.07, 6.45) is 0. The summed E-state index contributed by atoms with van der Waals surface area (Å²) in [6.45, 7) is 16.2. The molecule has 0 radical (unpaired) electrons. The molecule has 0 aliphatic rings. The second-order valence-corrected chi connectivity index (χ2v) is 14.9. The van der Waals surface area contributed by atoms with E-state index in [1.54, 1.807) is 17.8 Å². The van der Waals surface area contributed by atoms with Crippen molar-refractivity contribution in [3.05, 3.63) is 42.0 Å². The topological polar surface area (TPSA) is 73.1 Å². The number of hydrogen-bond acceptors (Lipinski definition) is 6. The molecule has 2 rings (SSSR count). The van der Waals surface area contributed by atoms with E-state index in [-0.39, 0.29) is 16.3 Å².